The van der Waals surface area contributed by atoms with Crippen molar-refractivity contribution < 1.29 is 19.1 Å². The molecule has 2 aromatic rings. The van der Waals surface area contributed by atoms with E-state index < -0.39 is 0 Å². The molecule has 1 fully saturated rings. The van der Waals surface area contributed by atoms with Gasteiger partial charge in [0.1, 0.15) is 0 Å². The zero-order valence-electron chi connectivity index (χ0n) is 20.8. The first-order valence-corrected chi connectivity index (χ1v) is 12.5. The maximum Gasteiger partial charge on any atom is 0.335 e. The largest absolute Gasteiger partial charge is 0.469 e. The summed E-state index contributed by atoms with van der Waals surface area (Å²) in [5.41, 5.74) is 4.65. The van der Waals surface area contributed by atoms with Gasteiger partial charge in [0.2, 0.25) is 0 Å². The number of nitrogens with zero attached hydrogens (tertiary/aromatic N) is 1. The summed E-state index contributed by atoms with van der Waals surface area (Å²) in [6, 6.07) is 19.1. The van der Waals surface area contributed by atoms with E-state index in [0.29, 0.717) is 24.8 Å². The quantitative estimate of drug-likeness (QED) is 0.581. The minimum atomic E-state index is -0.348. The second-order valence-corrected chi connectivity index (χ2v) is 10.1. The molecule has 6 nitrogen and oxygen atoms in total. The van der Waals surface area contributed by atoms with Gasteiger partial charge in [-0.25, -0.2) is 4.79 Å². The number of esters is 2. The van der Waals surface area contributed by atoms with Crippen LogP contribution in [0.25, 0.3) is 0 Å². The third-order valence-corrected chi connectivity index (χ3v) is 8.57. The molecule has 0 saturated carbocycles. The van der Waals surface area contributed by atoms with E-state index >= 15 is 0 Å². The first-order valence-electron chi connectivity index (χ1n) is 12.5. The van der Waals surface area contributed by atoms with Gasteiger partial charge in [0, 0.05) is 36.9 Å². The van der Waals surface area contributed by atoms with E-state index in [0.717, 1.165) is 37.3 Å². The van der Waals surface area contributed by atoms with Crippen molar-refractivity contribution in [3.63, 3.8) is 0 Å². The molecule has 0 aromatic heterocycles. The van der Waals surface area contributed by atoms with Gasteiger partial charge < -0.3 is 14.8 Å². The lowest BCUT2D eigenvalue weighted by atomic mass is 9.54. The van der Waals surface area contributed by atoms with E-state index in [9.17, 15) is 9.59 Å². The minimum Gasteiger partial charge on any atom is -0.469 e. The van der Waals surface area contributed by atoms with E-state index in [-0.39, 0.29) is 28.8 Å². The van der Waals surface area contributed by atoms with Crippen LogP contribution < -0.4 is 5.32 Å². The Morgan fingerprint density at radius 1 is 1.06 bits per heavy atom. The fourth-order valence-electron chi connectivity index (χ4n) is 7.05. The van der Waals surface area contributed by atoms with Gasteiger partial charge in [0.15, 0.2) is 0 Å². The Balaban J connectivity index is 1.70. The standard InChI is InChI=1S/C29H34N2O4/c1-4-28(15-14-24(32)34-2)18-21(26(33)35-3)25-29(22-12-8-9-13-23(22)30-25)16-17-31(27(28)29)19-20-10-6-5-7-11-20/h5-13,27,30H,4,14-19H2,1-3H3/t27-,28+,29-/m0/s1. The zero-order chi connectivity index (χ0) is 24.6. The van der Waals surface area contributed by atoms with Gasteiger partial charge in [-0.2, -0.15) is 0 Å². The van der Waals surface area contributed by atoms with Crippen molar-refractivity contribution in [1.29, 1.82) is 0 Å². The van der Waals surface area contributed by atoms with Crippen LogP contribution in [0.4, 0.5) is 5.69 Å². The van der Waals surface area contributed by atoms with Gasteiger partial charge in [-0.15, -0.1) is 0 Å². The minimum absolute atomic E-state index is 0.129. The molecule has 1 aliphatic carbocycles. The van der Waals surface area contributed by atoms with Crippen LogP contribution in [-0.4, -0.2) is 43.6 Å². The van der Waals surface area contributed by atoms with E-state index in [4.69, 9.17) is 9.47 Å². The molecule has 1 N–H and O–H groups in total. The molecule has 2 aliphatic heterocycles. The highest BCUT2D eigenvalue weighted by Crippen LogP contribution is 2.64. The monoisotopic (exact) mass is 474 g/mol. The Morgan fingerprint density at radius 3 is 2.51 bits per heavy atom. The second-order valence-electron chi connectivity index (χ2n) is 10.1. The summed E-state index contributed by atoms with van der Waals surface area (Å²) in [5, 5.41) is 3.65. The first kappa shape index (κ1) is 23.6. The average Bonchev–Trinajstić information content (AvgIpc) is 3.45. The SMILES string of the molecule is CC[C@@]1(CCC(=O)OC)CC(C(=O)OC)=C2Nc3ccccc3[C@@]23CCN(Cc2ccccc2)[C@@H]13. The number of fused-ring (bicyclic) bond motifs is 1. The molecule has 0 unspecified atom stereocenters. The molecule has 184 valence electrons. The van der Waals surface area contributed by atoms with E-state index in [1.54, 1.807) is 0 Å². The summed E-state index contributed by atoms with van der Waals surface area (Å²) in [5.74, 6) is -0.491. The lowest BCUT2D eigenvalue weighted by molar-refractivity contribution is -0.141. The lowest BCUT2D eigenvalue weighted by Crippen LogP contribution is -2.57. The zero-order valence-corrected chi connectivity index (χ0v) is 20.8. The molecule has 35 heavy (non-hydrogen) atoms. The molecular formula is C29H34N2O4. The molecule has 0 radical (unpaired) electrons. The number of likely N-dealkylation sites (tertiary alicyclic amines) is 1. The Hall–Kier alpha value is -3.12. The van der Waals surface area contributed by atoms with Gasteiger partial charge in [0.05, 0.1) is 25.2 Å². The van der Waals surface area contributed by atoms with Gasteiger partial charge in [-0.1, -0.05) is 55.5 Å². The molecular weight excluding hydrogens is 440 g/mol. The highest BCUT2D eigenvalue weighted by molar-refractivity contribution is 5.93. The van der Waals surface area contributed by atoms with Crippen molar-refractivity contribution in [3.05, 3.63) is 77.0 Å². The number of methoxy groups -OCH3 is 2. The van der Waals surface area contributed by atoms with Gasteiger partial charge in [-0.05, 0) is 48.3 Å². The predicted octanol–water partition coefficient (Wildman–Crippen LogP) is 4.80. The molecule has 1 spiro atoms. The number of carbonyl (C=O) groups excluding carboxylic acids is 2. The first-order chi connectivity index (χ1) is 17.0. The van der Waals surface area contributed by atoms with Crippen LogP contribution in [0.1, 0.15) is 50.2 Å². The van der Waals surface area contributed by atoms with E-state index in [2.05, 4.69) is 59.6 Å². The van der Waals surface area contributed by atoms with Crippen LogP contribution in [0.15, 0.2) is 65.9 Å². The molecule has 6 heteroatoms. The number of carbonyl (C=O) groups is 2. The van der Waals surface area contributed by atoms with E-state index in [1.165, 1.54) is 25.3 Å². The van der Waals surface area contributed by atoms with Gasteiger partial charge >= 0.3 is 11.9 Å². The number of para-hydroxylation sites is 1. The van der Waals surface area contributed by atoms with Gasteiger partial charge in [-0.3, -0.25) is 9.69 Å². The van der Waals surface area contributed by atoms with Crippen molar-refractivity contribution in [1.82, 2.24) is 4.90 Å². The summed E-state index contributed by atoms with van der Waals surface area (Å²) in [4.78, 5) is 28.1. The van der Waals surface area contributed by atoms with Crippen LogP contribution >= 0.6 is 0 Å². The Bertz CT molecular complexity index is 1160. The molecule has 1 saturated heterocycles. The number of benzene rings is 2. The van der Waals surface area contributed by atoms with Crippen LogP contribution in [0.2, 0.25) is 0 Å². The average molecular weight is 475 g/mol. The van der Waals surface area contributed by atoms with E-state index in [1.807, 2.05) is 12.1 Å². The summed E-state index contributed by atoms with van der Waals surface area (Å²) in [6.07, 6.45) is 3.31. The second kappa shape index (κ2) is 9.15. The van der Waals surface area contributed by atoms with Crippen LogP contribution in [-0.2, 0) is 31.0 Å². The van der Waals surface area contributed by atoms with Crippen molar-refractivity contribution in [2.24, 2.45) is 5.41 Å². The fraction of sp³-hybridized carbons (Fsp3) is 0.448. The number of nitrogens with one attached hydrogen (secondary N) is 1. The summed E-state index contributed by atoms with van der Waals surface area (Å²) >= 11 is 0. The molecule has 5 rings (SSSR count). The molecule has 0 amide bonds. The number of hydrogen-bond donors (Lipinski definition) is 1. The highest BCUT2D eigenvalue weighted by Gasteiger charge is 2.65. The Labute approximate surface area is 207 Å². The van der Waals surface area contributed by atoms with Crippen molar-refractivity contribution in [2.75, 3.05) is 26.1 Å². The van der Waals surface area contributed by atoms with Crippen molar-refractivity contribution >= 4 is 17.6 Å². The Kier molecular flexibility index (Phi) is 6.18. The summed E-state index contributed by atoms with van der Waals surface area (Å²) in [7, 11) is 2.89. The topological polar surface area (TPSA) is 67.9 Å². The van der Waals surface area contributed by atoms with Crippen LogP contribution in [0.5, 0.6) is 0 Å². The smallest absolute Gasteiger partial charge is 0.335 e. The summed E-state index contributed by atoms with van der Waals surface area (Å²) < 4.78 is 10.3. The fourth-order valence-corrected chi connectivity index (χ4v) is 7.05. The third-order valence-electron chi connectivity index (χ3n) is 8.57. The molecule has 3 atom stereocenters. The van der Waals surface area contributed by atoms with Crippen molar-refractivity contribution in [2.45, 2.75) is 57.0 Å². The third kappa shape index (κ3) is 3.66. The predicted molar refractivity (Wildman–Crippen MR) is 135 cm³/mol. The molecule has 3 aliphatic rings. The number of rotatable bonds is 7. The molecule has 0 bridgehead atoms. The van der Waals surface area contributed by atoms with Crippen LogP contribution in [0.3, 0.4) is 0 Å². The number of anilines is 1. The maximum atomic E-state index is 13.2. The Morgan fingerprint density at radius 2 is 1.80 bits per heavy atom. The van der Waals surface area contributed by atoms with Crippen molar-refractivity contribution in [3.8, 4) is 0 Å². The number of ether oxygens (including phenoxy) is 2. The summed E-state index contributed by atoms with van der Waals surface area (Å²) in [6.45, 7) is 3.93. The molecule has 2 heterocycles. The maximum absolute atomic E-state index is 13.2. The van der Waals surface area contributed by atoms with Crippen LogP contribution in [0, 0.1) is 5.41 Å². The number of hydrogen-bond acceptors (Lipinski definition) is 6. The lowest BCUT2D eigenvalue weighted by Gasteiger charge is -2.53. The highest BCUT2D eigenvalue weighted by atomic mass is 16.5. The molecule has 2 aromatic carbocycles. The normalized spacial score (nSPS) is 27.0. The van der Waals surface area contributed by atoms with Gasteiger partial charge in [0.25, 0.3) is 0 Å².